The van der Waals surface area contributed by atoms with Crippen LogP contribution in [0.5, 0.6) is 0 Å². The first kappa shape index (κ1) is 10.4. The molecule has 0 saturated carbocycles. The molecule has 1 rings (SSSR count). The van der Waals surface area contributed by atoms with Crippen LogP contribution in [0.2, 0.25) is 5.02 Å². The van der Waals surface area contributed by atoms with Gasteiger partial charge in [0.25, 0.3) is 0 Å². The summed E-state index contributed by atoms with van der Waals surface area (Å²) in [5.41, 5.74) is 1.99. The summed E-state index contributed by atoms with van der Waals surface area (Å²) in [6.45, 7) is 1.85. The zero-order valence-corrected chi connectivity index (χ0v) is 8.26. The number of hydrogen-bond acceptors (Lipinski definition) is 3. The van der Waals surface area contributed by atoms with Gasteiger partial charge in [-0.15, -0.1) is 0 Å². The van der Waals surface area contributed by atoms with Crippen molar-refractivity contribution in [2.45, 2.75) is 6.92 Å². The van der Waals surface area contributed by atoms with Crippen LogP contribution in [-0.4, -0.2) is 24.2 Å². The molecule has 0 aliphatic heterocycles. The molecule has 3 nitrogen and oxygen atoms in total. The van der Waals surface area contributed by atoms with E-state index in [0.717, 1.165) is 5.56 Å². The van der Waals surface area contributed by atoms with E-state index in [4.69, 9.17) is 21.6 Å². The summed E-state index contributed by atoms with van der Waals surface area (Å²) in [4.78, 5) is 0. The van der Waals surface area contributed by atoms with E-state index in [1.54, 1.807) is 13.1 Å². The van der Waals surface area contributed by atoms with Crippen molar-refractivity contribution in [1.82, 2.24) is 0 Å². The number of benzene rings is 1. The average molecular weight is 199 g/mol. The summed E-state index contributed by atoms with van der Waals surface area (Å²) in [6.07, 6.45) is 0. The Morgan fingerprint density at radius 2 is 2.00 bits per heavy atom. The highest BCUT2D eigenvalue weighted by Crippen LogP contribution is 2.17. The van der Waals surface area contributed by atoms with Gasteiger partial charge < -0.3 is 15.4 Å². The van der Waals surface area contributed by atoms with Crippen molar-refractivity contribution in [2.24, 2.45) is 0 Å². The van der Waals surface area contributed by atoms with Gasteiger partial charge in [0.2, 0.25) is 0 Å². The van der Waals surface area contributed by atoms with Gasteiger partial charge in [0.05, 0.1) is 0 Å². The fraction of sp³-hybridized carbons (Fsp3) is 0.250. The second-order valence-corrected chi connectivity index (χ2v) is 3.25. The lowest BCUT2D eigenvalue weighted by Crippen LogP contribution is -2.32. The molecule has 70 valence electrons. The van der Waals surface area contributed by atoms with Crippen molar-refractivity contribution < 1.29 is 10.0 Å². The molecule has 3 N–H and O–H groups in total. The van der Waals surface area contributed by atoms with Crippen molar-refractivity contribution in [3.8, 4) is 0 Å². The fourth-order valence-corrected chi connectivity index (χ4v) is 1.60. The third kappa shape index (κ3) is 2.15. The van der Waals surface area contributed by atoms with Crippen LogP contribution in [0, 0.1) is 6.92 Å². The van der Waals surface area contributed by atoms with Crippen LogP contribution in [0.25, 0.3) is 0 Å². The predicted molar refractivity (Wildman–Crippen MR) is 55.6 cm³/mol. The maximum absolute atomic E-state index is 9.04. The first-order chi connectivity index (χ1) is 6.06. The van der Waals surface area contributed by atoms with Gasteiger partial charge in [-0.1, -0.05) is 11.6 Å². The van der Waals surface area contributed by atoms with Gasteiger partial charge in [-0.2, -0.15) is 0 Å². The smallest absolute Gasteiger partial charge is 0.423 e. The van der Waals surface area contributed by atoms with Crippen LogP contribution in [0.3, 0.4) is 0 Å². The zero-order chi connectivity index (χ0) is 10.0. The monoisotopic (exact) mass is 199 g/mol. The highest BCUT2D eigenvalue weighted by atomic mass is 35.5. The second kappa shape index (κ2) is 4.00. The highest BCUT2D eigenvalue weighted by Gasteiger charge is 2.17. The third-order valence-electron chi connectivity index (χ3n) is 1.86. The number of anilines is 1. The van der Waals surface area contributed by atoms with Crippen molar-refractivity contribution in [3.63, 3.8) is 0 Å². The van der Waals surface area contributed by atoms with E-state index >= 15 is 0 Å². The topological polar surface area (TPSA) is 52.5 Å². The largest absolute Gasteiger partial charge is 0.490 e. The average Bonchev–Trinajstić information content (AvgIpc) is 2.02. The Hall–Kier alpha value is -0.705. The molecule has 0 radical (unpaired) electrons. The van der Waals surface area contributed by atoms with Crippen LogP contribution >= 0.6 is 11.6 Å². The minimum Gasteiger partial charge on any atom is -0.423 e. The van der Waals surface area contributed by atoms with Crippen LogP contribution in [0.1, 0.15) is 5.56 Å². The lowest BCUT2D eigenvalue weighted by atomic mass is 9.78. The van der Waals surface area contributed by atoms with E-state index in [2.05, 4.69) is 5.32 Å². The minimum atomic E-state index is -1.50. The molecule has 0 spiro atoms. The Morgan fingerprint density at radius 1 is 1.38 bits per heavy atom. The molecule has 0 atom stereocenters. The van der Waals surface area contributed by atoms with Crippen molar-refractivity contribution in [1.29, 1.82) is 0 Å². The van der Waals surface area contributed by atoms with E-state index in [9.17, 15) is 0 Å². The van der Waals surface area contributed by atoms with Crippen LogP contribution in [-0.2, 0) is 0 Å². The van der Waals surface area contributed by atoms with Gasteiger partial charge in [-0.05, 0) is 24.6 Å². The molecule has 0 heterocycles. The molecule has 0 unspecified atom stereocenters. The van der Waals surface area contributed by atoms with Gasteiger partial charge in [0.15, 0.2) is 0 Å². The summed E-state index contributed by atoms with van der Waals surface area (Å²) in [6, 6.07) is 3.30. The van der Waals surface area contributed by atoms with Crippen molar-refractivity contribution in [3.05, 3.63) is 22.7 Å². The van der Waals surface area contributed by atoms with Gasteiger partial charge in [-0.3, -0.25) is 0 Å². The molecule has 0 aromatic heterocycles. The molecule has 0 aliphatic rings. The maximum Gasteiger partial charge on any atom is 0.490 e. The SMILES string of the molecule is CNc1c(C)cc(Cl)cc1B(O)O. The highest BCUT2D eigenvalue weighted by molar-refractivity contribution is 6.61. The molecule has 5 heteroatoms. The van der Waals surface area contributed by atoms with E-state index in [1.807, 2.05) is 6.92 Å². The summed E-state index contributed by atoms with van der Waals surface area (Å²) in [7, 11) is 0.224. The van der Waals surface area contributed by atoms with Crippen LogP contribution in [0.4, 0.5) is 5.69 Å². The van der Waals surface area contributed by atoms with Crippen molar-refractivity contribution >= 4 is 29.9 Å². The molecule has 1 aromatic carbocycles. The number of halogens is 1. The number of hydrogen-bond donors (Lipinski definition) is 3. The summed E-state index contributed by atoms with van der Waals surface area (Å²) < 4.78 is 0. The lowest BCUT2D eigenvalue weighted by Gasteiger charge is -2.11. The lowest BCUT2D eigenvalue weighted by molar-refractivity contribution is 0.426. The molecular formula is C8H11BClNO2. The Morgan fingerprint density at radius 3 is 2.46 bits per heavy atom. The first-order valence-corrected chi connectivity index (χ1v) is 4.28. The summed E-state index contributed by atoms with van der Waals surface area (Å²) >= 11 is 5.77. The normalized spacial score (nSPS) is 9.92. The zero-order valence-electron chi connectivity index (χ0n) is 7.50. The standard InChI is InChI=1S/C8H11BClNO2/c1-5-3-6(10)4-7(9(12)13)8(5)11-2/h3-4,11-13H,1-2H3. The quantitative estimate of drug-likeness (QED) is 0.603. The molecule has 0 bridgehead atoms. The molecule has 13 heavy (non-hydrogen) atoms. The number of nitrogens with one attached hydrogen (secondary N) is 1. The molecular weight excluding hydrogens is 188 g/mol. The Kier molecular flexibility index (Phi) is 3.19. The van der Waals surface area contributed by atoms with Gasteiger partial charge in [0.1, 0.15) is 0 Å². The van der Waals surface area contributed by atoms with E-state index in [-0.39, 0.29) is 0 Å². The Bertz CT molecular complexity index is 317. The Balaban J connectivity index is 3.29. The van der Waals surface area contributed by atoms with Gasteiger partial charge in [0, 0.05) is 23.2 Å². The van der Waals surface area contributed by atoms with Gasteiger partial charge in [-0.25, -0.2) is 0 Å². The van der Waals surface area contributed by atoms with Crippen molar-refractivity contribution in [2.75, 3.05) is 12.4 Å². The number of rotatable bonds is 2. The predicted octanol–water partition coefficient (Wildman–Crippen LogP) is 0.370. The van der Waals surface area contributed by atoms with Crippen LogP contribution < -0.4 is 10.8 Å². The fourth-order valence-electron chi connectivity index (χ4n) is 1.31. The van der Waals surface area contributed by atoms with E-state index in [1.165, 1.54) is 6.07 Å². The van der Waals surface area contributed by atoms with E-state index < -0.39 is 7.12 Å². The number of aryl methyl sites for hydroxylation is 1. The summed E-state index contributed by atoms with van der Waals surface area (Å²) in [5, 5.41) is 21.5. The molecule has 0 fully saturated rings. The first-order valence-electron chi connectivity index (χ1n) is 3.90. The molecule has 0 aliphatic carbocycles. The molecule has 1 aromatic rings. The third-order valence-corrected chi connectivity index (χ3v) is 2.08. The van der Waals surface area contributed by atoms with Crippen LogP contribution in [0.15, 0.2) is 12.1 Å². The van der Waals surface area contributed by atoms with E-state index in [0.29, 0.717) is 16.2 Å². The summed E-state index contributed by atoms with van der Waals surface area (Å²) in [5.74, 6) is 0. The minimum absolute atomic E-state index is 0.396. The van der Waals surface area contributed by atoms with Gasteiger partial charge >= 0.3 is 7.12 Å². The maximum atomic E-state index is 9.04. The molecule has 0 saturated heterocycles. The Labute approximate surface area is 82.5 Å². The molecule has 0 amide bonds. The second-order valence-electron chi connectivity index (χ2n) is 2.81.